The van der Waals surface area contributed by atoms with Gasteiger partial charge in [0.05, 0.1) is 0 Å². The number of hydrogen-bond acceptors (Lipinski definition) is 0. The van der Waals surface area contributed by atoms with E-state index in [1.165, 1.54) is 19.3 Å². The van der Waals surface area contributed by atoms with Gasteiger partial charge in [-0.05, 0) is 0 Å². The Labute approximate surface area is 85.8 Å². The molecule has 0 aliphatic heterocycles. The van der Waals surface area contributed by atoms with Crippen LogP contribution in [0, 0.1) is 4.84 Å². The maximum Gasteiger partial charge on any atom is 1.00 e. The Morgan fingerprint density at radius 2 is 1.70 bits per heavy atom. The summed E-state index contributed by atoms with van der Waals surface area (Å²) in [7, 11) is 0. The normalized spacial score (nSPS) is 9.60. The van der Waals surface area contributed by atoms with Crippen LogP contribution in [0.2, 0.25) is 0 Å². The molecule has 0 amide bonds. The maximum absolute atomic E-state index is 5.44. The second-order valence-electron chi connectivity index (χ2n) is 2.15. The molecule has 10 heavy (non-hydrogen) atoms. The second kappa shape index (κ2) is 10.2. The molecule has 0 spiro atoms. The molecule has 56 valence electrons. The van der Waals surface area contributed by atoms with Gasteiger partial charge in [-0.3, -0.25) is 0 Å². The SMILES string of the molecule is CCCCCC[C-](Cl)Cl.[Li+]. The molecule has 0 unspecified atom stereocenters. The smallest absolute Gasteiger partial charge is 0.329 e. The van der Waals surface area contributed by atoms with Crippen LogP contribution < -0.4 is 18.9 Å². The van der Waals surface area contributed by atoms with Crippen molar-refractivity contribution < 1.29 is 18.9 Å². The first kappa shape index (κ1) is 13.7. The van der Waals surface area contributed by atoms with Crippen molar-refractivity contribution in [2.24, 2.45) is 0 Å². The van der Waals surface area contributed by atoms with Crippen LogP contribution in [0.1, 0.15) is 39.0 Å². The van der Waals surface area contributed by atoms with Gasteiger partial charge in [-0.2, -0.15) is 6.42 Å². The first-order chi connectivity index (χ1) is 4.27. The topological polar surface area (TPSA) is 0 Å². The number of unbranched alkanes of at least 4 members (excludes halogenated alkanes) is 3. The van der Waals surface area contributed by atoms with Crippen molar-refractivity contribution in [2.45, 2.75) is 39.0 Å². The van der Waals surface area contributed by atoms with Crippen molar-refractivity contribution in [1.29, 1.82) is 0 Å². The molecular weight excluding hydrogens is 162 g/mol. The molecule has 0 aliphatic carbocycles. The summed E-state index contributed by atoms with van der Waals surface area (Å²) >= 11 is 10.9. The van der Waals surface area contributed by atoms with E-state index >= 15 is 0 Å². The van der Waals surface area contributed by atoms with E-state index in [9.17, 15) is 0 Å². The third kappa shape index (κ3) is 11.9. The molecule has 0 aromatic carbocycles. The average Bonchev–Trinajstić information content (AvgIpc) is 1.80. The van der Waals surface area contributed by atoms with E-state index in [4.69, 9.17) is 23.2 Å². The van der Waals surface area contributed by atoms with Crippen molar-refractivity contribution in [3.05, 3.63) is 4.84 Å². The third-order valence-corrected chi connectivity index (χ3v) is 1.60. The van der Waals surface area contributed by atoms with Gasteiger partial charge in [-0.25, -0.2) is 0 Å². The van der Waals surface area contributed by atoms with E-state index in [1.807, 2.05) is 0 Å². The zero-order chi connectivity index (χ0) is 7.11. The van der Waals surface area contributed by atoms with Crippen LogP contribution in [0.25, 0.3) is 0 Å². The van der Waals surface area contributed by atoms with Crippen LogP contribution in [0.4, 0.5) is 0 Å². The third-order valence-electron chi connectivity index (χ3n) is 1.22. The number of halogens is 2. The molecule has 0 saturated heterocycles. The van der Waals surface area contributed by atoms with Gasteiger partial charge < -0.3 is 23.2 Å². The number of rotatable bonds is 5. The summed E-state index contributed by atoms with van der Waals surface area (Å²) in [5.41, 5.74) is 0. The molecular formula is C7H13Cl2Li. The molecule has 0 saturated carbocycles. The molecule has 0 fully saturated rings. The fraction of sp³-hybridized carbons (Fsp3) is 0.857. The van der Waals surface area contributed by atoms with Crippen molar-refractivity contribution in [3.8, 4) is 0 Å². The summed E-state index contributed by atoms with van der Waals surface area (Å²) in [6.07, 6.45) is 5.81. The maximum atomic E-state index is 5.44. The fourth-order valence-corrected chi connectivity index (χ4v) is 0.953. The first-order valence-electron chi connectivity index (χ1n) is 3.44. The minimum absolute atomic E-state index is 0. The van der Waals surface area contributed by atoms with Gasteiger partial charge in [0.25, 0.3) is 0 Å². The minimum Gasteiger partial charge on any atom is -0.329 e. The van der Waals surface area contributed by atoms with Crippen molar-refractivity contribution in [3.63, 3.8) is 0 Å². The summed E-state index contributed by atoms with van der Waals surface area (Å²) < 4.78 is 0. The van der Waals surface area contributed by atoms with Crippen LogP contribution in [0.15, 0.2) is 0 Å². The Balaban J connectivity index is 0. The fourth-order valence-electron chi connectivity index (χ4n) is 0.685. The molecule has 0 atom stereocenters. The quantitative estimate of drug-likeness (QED) is 0.331. The van der Waals surface area contributed by atoms with Gasteiger partial charge in [0.15, 0.2) is 0 Å². The Bertz CT molecular complexity index is 57.6. The molecule has 3 heteroatoms. The van der Waals surface area contributed by atoms with Gasteiger partial charge in [-0.15, -0.1) is 4.84 Å². The largest absolute Gasteiger partial charge is 1.00 e. The summed E-state index contributed by atoms with van der Waals surface area (Å²) in [5.74, 6) is 0. The van der Waals surface area contributed by atoms with Crippen LogP contribution in [-0.4, -0.2) is 0 Å². The molecule has 0 nitrogen and oxygen atoms in total. The summed E-state index contributed by atoms with van der Waals surface area (Å²) in [6.45, 7) is 2.19. The first-order valence-corrected chi connectivity index (χ1v) is 4.19. The molecule has 0 bridgehead atoms. The molecule has 0 aromatic rings. The Kier molecular flexibility index (Phi) is 14.0. The minimum atomic E-state index is 0. The Morgan fingerprint density at radius 1 is 1.10 bits per heavy atom. The van der Waals surface area contributed by atoms with Crippen molar-refractivity contribution in [2.75, 3.05) is 0 Å². The second-order valence-corrected chi connectivity index (χ2v) is 3.26. The number of hydrogen-bond donors (Lipinski definition) is 0. The van der Waals surface area contributed by atoms with Crippen LogP contribution in [-0.2, 0) is 0 Å². The average molecular weight is 175 g/mol. The summed E-state index contributed by atoms with van der Waals surface area (Å²) in [4.78, 5) is 0.520. The van der Waals surface area contributed by atoms with E-state index in [0.717, 1.165) is 12.8 Å². The van der Waals surface area contributed by atoms with E-state index in [-0.39, 0.29) is 18.9 Å². The Morgan fingerprint density at radius 3 is 2.10 bits per heavy atom. The molecule has 0 rings (SSSR count). The van der Waals surface area contributed by atoms with E-state index in [0.29, 0.717) is 4.84 Å². The van der Waals surface area contributed by atoms with Gasteiger partial charge in [0.2, 0.25) is 0 Å². The van der Waals surface area contributed by atoms with E-state index in [1.54, 1.807) is 0 Å². The van der Waals surface area contributed by atoms with Crippen molar-refractivity contribution >= 4 is 23.2 Å². The van der Waals surface area contributed by atoms with Crippen LogP contribution in [0.3, 0.4) is 0 Å². The van der Waals surface area contributed by atoms with Gasteiger partial charge in [0.1, 0.15) is 0 Å². The zero-order valence-corrected chi connectivity index (χ0v) is 8.30. The van der Waals surface area contributed by atoms with Gasteiger partial charge >= 0.3 is 18.9 Å². The molecule has 0 aromatic heterocycles. The van der Waals surface area contributed by atoms with Crippen molar-refractivity contribution in [1.82, 2.24) is 0 Å². The van der Waals surface area contributed by atoms with E-state index < -0.39 is 0 Å². The van der Waals surface area contributed by atoms with E-state index in [2.05, 4.69) is 6.92 Å². The monoisotopic (exact) mass is 174 g/mol. The predicted molar refractivity (Wildman–Crippen MR) is 43.7 cm³/mol. The van der Waals surface area contributed by atoms with Crippen LogP contribution in [0.5, 0.6) is 0 Å². The molecule has 0 heterocycles. The summed E-state index contributed by atoms with van der Waals surface area (Å²) in [6, 6.07) is 0. The van der Waals surface area contributed by atoms with Crippen LogP contribution >= 0.6 is 23.2 Å². The molecule has 0 N–H and O–H groups in total. The molecule has 0 radical (unpaired) electrons. The summed E-state index contributed by atoms with van der Waals surface area (Å²) in [5, 5.41) is 0. The predicted octanol–water partition coefficient (Wildman–Crippen LogP) is 0.928. The Hall–Kier alpha value is 1.18. The van der Waals surface area contributed by atoms with Gasteiger partial charge in [-0.1, -0.05) is 32.6 Å². The van der Waals surface area contributed by atoms with Gasteiger partial charge in [0, 0.05) is 0 Å². The molecule has 0 aliphatic rings. The standard InChI is InChI=1S/C7H13Cl2.Li/c1-2-3-4-5-6-7(8)9;/h2-6H2,1H3;/q-1;+1. The zero-order valence-electron chi connectivity index (χ0n) is 6.79.